The zero-order valence-corrected chi connectivity index (χ0v) is 7.06. The summed E-state index contributed by atoms with van der Waals surface area (Å²) in [6.45, 7) is 1.93. The molecule has 0 aliphatic carbocycles. The third-order valence-electron chi connectivity index (χ3n) is 1.58. The van der Waals surface area contributed by atoms with E-state index in [0.29, 0.717) is 11.4 Å². The molecule has 0 heterocycles. The van der Waals surface area contributed by atoms with Crippen LogP contribution < -0.4 is 0 Å². The second kappa shape index (κ2) is 3.54. The molecular weight excluding hydrogens is 160 g/mol. The van der Waals surface area contributed by atoms with Gasteiger partial charge in [-0.2, -0.15) is 0 Å². The number of rotatable bonds is 2. The number of carbonyl (C=O) groups excluding carboxylic acids is 1. The van der Waals surface area contributed by atoms with Crippen LogP contribution in [0, 0.1) is 6.92 Å². The van der Waals surface area contributed by atoms with Gasteiger partial charge in [0, 0.05) is 11.4 Å². The van der Waals surface area contributed by atoms with Crippen LogP contribution in [0.5, 0.6) is 0 Å². The van der Waals surface area contributed by atoms with Gasteiger partial charge in [-0.15, -0.1) is 0 Å². The summed E-state index contributed by atoms with van der Waals surface area (Å²) in [5, 5.41) is 0.708. The highest BCUT2D eigenvalue weighted by molar-refractivity contribution is 6.32. The zero-order chi connectivity index (χ0) is 8.27. The van der Waals surface area contributed by atoms with Gasteiger partial charge >= 0.3 is 0 Å². The molecule has 0 saturated carbocycles. The predicted molar refractivity (Wildman–Crippen MR) is 46.0 cm³/mol. The average molecular weight is 169 g/mol. The normalized spacial score (nSPS) is 9.64. The molecular formula is C9H9ClO. The molecule has 0 atom stereocenters. The Hall–Kier alpha value is -0.820. The number of aryl methyl sites for hydroxylation is 1. The van der Waals surface area contributed by atoms with E-state index in [0.717, 1.165) is 17.4 Å². The second-order valence-electron chi connectivity index (χ2n) is 2.42. The van der Waals surface area contributed by atoms with Crippen molar-refractivity contribution in [3.8, 4) is 0 Å². The lowest BCUT2D eigenvalue weighted by atomic mass is 10.1. The number of carbonyl (C=O) groups is 1. The van der Waals surface area contributed by atoms with Crippen LogP contribution in [0.4, 0.5) is 0 Å². The summed E-state index contributed by atoms with van der Waals surface area (Å²) < 4.78 is 0. The van der Waals surface area contributed by atoms with Gasteiger partial charge in [0.25, 0.3) is 0 Å². The van der Waals surface area contributed by atoms with Gasteiger partial charge in [-0.05, 0) is 18.1 Å². The maximum Gasteiger partial charge on any atom is 0.124 e. The molecule has 1 nitrogen and oxygen atoms in total. The third kappa shape index (κ3) is 1.81. The molecule has 58 valence electrons. The van der Waals surface area contributed by atoms with Crippen LogP contribution in [0.2, 0.25) is 5.02 Å². The highest BCUT2D eigenvalue weighted by Gasteiger charge is 2.00. The van der Waals surface area contributed by atoms with Crippen LogP contribution in [0.1, 0.15) is 11.1 Å². The predicted octanol–water partition coefficient (Wildman–Crippen LogP) is 2.39. The molecule has 1 aromatic carbocycles. The minimum Gasteiger partial charge on any atom is -0.303 e. The van der Waals surface area contributed by atoms with E-state index in [1.54, 1.807) is 0 Å². The molecule has 0 saturated heterocycles. The Bertz CT molecular complexity index is 268. The van der Waals surface area contributed by atoms with E-state index in [1.165, 1.54) is 0 Å². The van der Waals surface area contributed by atoms with Gasteiger partial charge in [0.2, 0.25) is 0 Å². The molecule has 11 heavy (non-hydrogen) atoms. The first kappa shape index (κ1) is 8.28. The lowest BCUT2D eigenvalue weighted by Gasteiger charge is -2.01. The van der Waals surface area contributed by atoms with Crippen molar-refractivity contribution in [2.45, 2.75) is 13.3 Å². The molecule has 1 rings (SSSR count). The van der Waals surface area contributed by atoms with Crippen LogP contribution in [0.25, 0.3) is 0 Å². The van der Waals surface area contributed by atoms with Crippen LogP contribution in [-0.2, 0) is 11.2 Å². The van der Waals surface area contributed by atoms with Crippen molar-refractivity contribution >= 4 is 17.9 Å². The number of halogens is 1. The van der Waals surface area contributed by atoms with Gasteiger partial charge in [0.15, 0.2) is 0 Å². The molecule has 0 N–H and O–H groups in total. The fourth-order valence-electron chi connectivity index (χ4n) is 0.956. The highest BCUT2D eigenvalue weighted by atomic mass is 35.5. The molecule has 0 aliphatic rings. The van der Waals surface area contributed by atoms with E-state index in [-0.39, 0.29) is 0 Å². The molecule has 2 heteroatoms. The Morgan fingerprint density at radius 2 is 2.27 bits per heavy atom. The minimum atomic E-state index is 0.403. The smallest absolute Gasteiger partial charge is 0.124 e. The lowest BCUT2D eigenvalue weighted by molar-refractivity contribution is -0.107. The first-order chi connectivity index (χ1) is 5.25. The Kier molecular flexibility index (Phi) is 2.66. The lowest BCUT2D eigenvalue weighted by Crippen LogP contribution is -1.88. The maximum absolute atomic E-state index is 10.2. The van der Waals surface area contributed by atoms with E-state index in [1.807, 2.05) is 25.1 Å². The van der Waals surface area contributed by atoms with Gasteiger partial charge in [-0.1, -0.05) is 29.8 Å². The van der Waals surface area contributed by atoms with Gasteiger partial charge in [0.1, 0.15) is 6.29 Å². The summed E-state index contributed by atoms with van der Waals surface area (Å²) in [6, 6.07) is 5.69. The zero-order valence-electron chi connectivity index (χ0n) is 6.30. The van der Waals surface area contributed by atoms with Gasteiger partial charge in [0.05, 0.1) is 0 Å². The second-order valence-corrected chi connectivity index (χ2v) is 2.80. The van der Waals surface area contributed by atoms with Crippen molar-refractivity contribution in [2.75, 3.05) is 0 Å². The molecule has 0 amide bonds. The SMILES string of the molecule is Cc1cccc(CC=O)c1Cl. The maximum atomic E-state index is 10.2. The summed E-state index contributed by atoms with van der Waals surface area (Å²) in [5.41, 5.74) is 1.92. The fraction of sp³-hybridized carbons (Fsp3) is 0.222. The molecule has 0 unspecified atom stereocenters. The minimum absolute atomic E-state index is 0.403. The third-order valence-corrected chi connectivity index (χ3v) is 2.12. The number of aldehydes is 1. The van der Waals surface area contributed by atoms with Crippen molar-refractivity contribution in [3.05, 3.63) is 34.3 Å². The molecule has 0 spiro atoms. The summed E-state index contributed by atoms with van der Waals surface area (Å²) in [6.07, 6.45) is 1.27. The Morgan fingerprint density at radius 3 is 2.91 bits per heavy atom. The molecule has 0 bridgehead atoms. The molecule has 0 fully saturated rings. The largest absolute Gasteiger partial charge is 0.303 e. The molecule has 1 aromatic rings. The Labute approximate surface area is 71.0 Å². The van der Waals surface area contributed by atoms with E-state index < -0.39 is 0 Å². The fourth-order valence-corrected chi connectivity index (χ4v) is 1.16. The average Bonchev–Trinajstić information content (AvgIpc) is 1.99. The number of hydrogen-bond donors (Lipinski definition) is 0. The van der Waals surface area contributed by atoms with Crippen LogP contribution >= 0.6 is 11.6 Å². The van der Waals surface area contributed by atoms with Gasteiger partial charge in [-0.3, -0.25) is 0 Å². The van der Waals surface area contributed by atoms with Crippen molar-refractivity contribution in [3.63, 3.8) is 0 Å². The Balaban J connectivity index is 3.05. The van der Waals surface area contributed by atoms with E-state index in [9.17, 15) is 4.79 Å². The summed E-state index contributed by atoms with van der Waals surface area (Å²) in [5.74, 6) is 0. The topological polar surface area (TPSA) is 17.1 Å². The monoisotopic (exact) mass is 168 g/mol. The Morgan fingerprint density at radius 1 is 1.55 bits per heavy atom. The number of benzene rings is 1. The quantitative estimate of drug-likeness (QED) is 0.620. The van der Waals surface area contributed by atoms with Crippen molar-refractivity contribution in [1.82, 2.24) is 0 Å². The van der Waals surface area contributed by atoms with Gasteiger partial charge in [-0.25, -0.2) is 0 Å². The van der Waals surface area contributed by atoms with Crippen molar-refractivity contribution in [2.24, 2.45) is 0 Å². The van der Waals surface area contributed by atoms with Crippen molar-refractivity contribution in [1.29, 1.82) is 0 Å². The summed E-state index contributed by atoms with van der Waals surface area (Å²) in [7, 11) is 0. The van der Waals surface area contributed by atoms with E-state index in [2.05, 4.69) is 0 Å². The van der Waals surface area contributed by atoms with E-state index >= 15 is 0 Å². The number of hydrogen-bond acceptors (Lipinski definition) is 1. The standard InChI is InChI=1S/C9H9ClO/c1-7-3-2-4-8(5-6-11)9(7)10/h2-4,6H,5H2,1H3. The summed E-state index contributed by atoms with van der Waals surface area (Å²) in [4.78, 5) is 10.2. The van der Waals surface area contributed by atoms with Crippen molar-refractivity contribution < 1.29 is 4.79 Å². The summed E-state index contributed by atoms with van der Waals surface area (Å²) >= 11 is 5.91. The molecule has 0 radical (unpaired) electrons. The first-order valence-electron chi connectivity index (χ1n) is 3.43. The molecule has 0 aromatic heterocycles. The highest BCUT2D eigenvalue weighted by Crippen LogP contribution is 2.19. The van der Waals surface area contributed by atoms with E-state index in [4.69, 9.17) is 11.6 Å². The van der Waals surface area contributed by atoms with Crippen LogP contribution in [0.3, 0.4) is 0 Å². The first-order valence-corrected chi connectivity index (χ1v) is 3.81. The van der Waals surface area contributed by atoms with Crippen LogP contribution in [-0.4, -0.2) is 6.29 Å². The van der Waals surface area contributed by atoms with Crippen LogP contribution in [0.15, 0.2) is 18.2 Å². The molecule has 0 aliphatic heterocycles. The van der Waals surface area contributed by atoms with Gasteiger partial charge < -0.3 is 4.79 Å².